The third-order valence-corrected chi connectivity index (χ3v) is 9.17. The van der Waals surface area contributed by atoms with E-state index >= 15 is 0 Å². The fraction of sp³-hybridized carbons (Fsp3) is 0. The van der Waals surface area contributed by atoms with Crippen LogP contribution in [0.25, 0.3) is 87.6 Å². The van der Waals surface area contributed by atoms with Gasteiger partial charge in [-0.1, -0.05) is 133 Å². The van der Waals surface area contributed by atoms with Crippen molar-refractivity contribution in [2.24, 2.45) is 0 Å². The first-order chi connectivity index (χ1) is 22.8. The Balaban J connectivity index is 1.49. The summed E-state index contributed by atoms with van der Waals surface area (Å²) in [6, 6.07) is 52.1. The van der Waals surface area contributed by atoms with Crippen molar-refractivity contribution in [3.8, 4) is 44.5 Å². The smallest absolute Gasteiger partial charge is 0.0347 e. The van der Waals surface area contributed by atoms with E-state index in [1.807, 2.05) is 24.8 Å². The van der Waals surface area contributed by atoms with Crippen LogP contribution in [-0.2, 0) is 0 Å². The van der Waals surface area contributed by atoms with Crippen LogP contribution in [0.15, 0.2) is 170 Å². The average Bonchev–Trinajstić information content (AvgIpc) is 3.15. The summed E-state index contributed by atoms with van der Waals surface area (Å²) in [6.07, 6.45) is 7.97. The van der Waals surface area contributed by atoms with Crippen LogP contribution in [0.3, 0.4) is 0 Å². The van der Waals surface area contributed by atoms with Crippen molar-refractivity contribution in [3.63, 3.8) is 0 Å². The molecule has 46 heavy (non-hydrogen) atoms. The van der Waals surface area contributed by atoms with E-state index in [-0.39, 0.29) is 0 Å². The third kappa shape index (κ3) is 4.19. The zero-order chi connectivity index (χ0) is 30.5. The third-order valence-electron chi connectivity index (χ3n) is 9.17. The second kappa shape index (κ2) is 10.8. The van der Waals surface area contributed by atoms with E-state index in [1.54, 1.807) is 0 Å². The zero-order valence-corrected chi connectivity index (χ0v) is 25.1. The van der Waals surface area contributed by atoms with Crippen LogP contribution in [0.2, 0.25) is 0 Å². The number of fused-ring (bicyclic) bond motifs is 7. The molecule has 0 N–H and O–H groups in total. The fourth-order valence-electron chi connectivity index (χ4n) is 7.18. The molecule has 0 spiro atoms. The molecule has 0 amide bonds. The number of hydrogen-bond acceptors (Lipinski definition) is 2. The van der Waals surface area contributed by atoms with E-state index in [0.717, 1.165) is 33.4 Å². The van der Waals surface area contributed by atoms with Gasteiger partial charge in [0, 0.05) is 47.0 Å². The van der Waals surface area contributed by atoms with Crippen LogP contribution in [0.5, 0.6) is 0 Å². The highest BCUT2D eigenvalue weighted by atomic mass is 14.6. The highest BCUT2D eigenvalue weighted by Gasteiger charge is 2.22. The van der Waals surface area contributed by atoms with Crippen LogP contribution >= 0.6 is 0 Å². The summed E-state index contributed by atoms with van der Waals surface area (Å²) in [5.41, 5.74) is 9.12. The minimum atomic E-state index is 1.10. The SMILES string of the molecule is c1ccc(-c2cncc(-c3c4ccccc4c(-c4cncc(-c5ccccc5)c4)c4c5ccccc5c5ccccc5c34)c2)cc1. The molecular weight excluding hydrogens is 556 g/mol. The van der Waals surface area contributed by atoms with Crippen LogP contribution in [-0.4, -0.2) is 9.97 Å². The van der Waals surface area contributed by atoms with Gasteiger partial charge in [-0.25, -0.2) is 0 Å². The van der Waals surface area contributed by atoms with Crippen molar-refractivity contribution in [1.82, 2.24) is 9.97 Å². The maximum absolute atomic E-state index is 4.81. The van der Waals surface area contributed by atoms with Crippen LogP contribution in [0, 0.1) is 0 Å². The molecule has 2 aromatic heterocycles. The van der Waals surface area contributed by atoms with Crippen molar-refractivity contribution < 1.29 is 0 Å². The van der Waals surface area contributed by atoms with Gasteiger partial charge in [0.2, 0.25) is 0 Å². The van der Waals surface area contributed by atoms with Crippen LogP contribution < -0.4 is 0 Å². The molecule has 0 saturated carbocycles. The molecule has 0 aliphatic heterocycles. The highest BCUT2D eigenvalue weighted by Crippen LogP contribution is 2.49. The average molecular weight is 585 g/mol. The predicted molar refractivity (Wildman–Crippen MR) is 194 cm³/mol. The molecule has 9 rings (SSSR count). The Hall–Kier alpha value is -6.12. The van der Waals surface area contributed by atoms with Gasteiger partial charge < -0.3 is 0 Å². The van der Waals surface area contributed by atoms with Gasteiger partial charge in [0.1, 0.15) is 0 Å². The largest absolute Gasteiger partial charge is 0.263 e. The number of hydrogen-bond donors (Lipinski definition) is 0. The number of pyridine rings is 2. The minimum absolute atomic E-state index is 1.10. The molecule has 0 fully saturated rings. The summed E-state index contributed by atoms with van der Waals surface area (Å²) in [5, 5.41) is 9.82. The summed E-state index contributed by atoms with van der Waals surface area (Å²) in [6.45, 7) is 0. The van der Waals surface area contributed by atoms with E-state index in [1.165, 1.54) is 54.2 Å². The summed E-state index contributed by atoms with van der Waals surface area (Å²) in [4.78, 5) is 9.62. The Morgan fingerprint density at radius 2 is 0.587 bits per heavy atom. The van der Waals surface area contributed by atoms with Gasteiger partial charge in [-0.3, -0.25) is 9.97 Å². The number of aromatic nitrogens is 2. The van der Waals surface area contributed by atoms with Crippen LogP contribution in [0.4, 0.5) is 0 Å². The quantitative estimate of drug-likeness (QED) is 0.152. The van der Waals surface area contributed by atoms with E-state index in [0.29, 0.717) is 0 Å². The fourth-order valence-corrected chi connectivity index (χ4v) is 7.18. The second-order valence-electron chi connectivity index (χ2n) is 11.8. The molecule has 2 heterocycles. The number of rotatable bonds is 4. The molecule has 0 aliphatic carbocycles. The molecule has 0 aliphatic rings. The van der Waals surface area contributed by atoms with Crippen molar-refractivity contribution in [2.45, 2.75) is 0 Å². The zero-order valence-electron chi connectivity index (χ0n) is 25.1. The highest BCUT2D eigenvalue weighted by molar-refractivity contribution is 6.36. The van der Waals surface area contributed by atoms with Gasteiger partial charge in [0.15, 0.2) is 0 Å². The standard InChI is InChI=1S/C44H28N2/c1-3-13-29(14-4-1)31-23-33(27-45-25-31)41-39-21-11-12-22-40(39)42(34-24-32(26-46-28-34)30-15-5-2-6-16-30)44-38-20-10-8-18-36(38)35-17-7-9-19-37(35)43(41)44/h1-28H. The van der Waals surface area contributed by atoms with E-state index in [4.69, 9.17) is 9.97 Å². The molecular formula is C44H28N2. The summed E-state index contributed by atoms with van der Waals surface area (Å²) in [5.74, 6) is 0. The van der Waals surface area contributed by atoms with E-state index in [9.17, 15) is 0 Å². The van der Waals surface area contributed by atoms with Gasteiger partial charge in [-0.05, 0) is 77.5 Å². The molecule has 9 aromatic rings. The second-order valence-corrected chi connectivity index (χ2v) is 11.8. The van der Waals surface area contributed by atoms with Crippen molar-refractivity contribution in [2.75, 3.05) is 0 Å². The van der Waals surface area contributed by atoms with E-state index < -0.39 is 0 Å². The van der Waals surface area contributed by atoms with Crippen molar-refractivity contribution >= 4 is 43.1 Å². The molecule has 214 valence electrons. The lowest BCUT2D eigenvalue weighted by Gasteiger charge is -2.21. The Kier molecular flexibility index (Phi) is 6.17. The van der Waals surface area contributed by atoms with Gasteiger partial charge >= 0.3 is 0 Å². The van der Waals surface area contributed by atoms with Gasteiger partial charge in [-0.15, -0.1) is 0 Å². The summed E-state index contributed by atoms with van der Waals surface area (Å²) in [7, 11) is 0. The normalized spacial score (nSPS) is 11.5. The van der Waals surface area contributed by atoms with Gasteiger partial charge in [0.05, 0.1) is 0 Å². The van der Waals surface area contributed by atoms with Crippen molar-refractivity contribution in [1.29, 1.82) is 0 Å². The van der Waals surface area contributed by atoms with Gasteiger partial charge in [-0.2, -0.15) is 0 Å². The van der Waals surface area contributed by atoms with E-state index in [2.05, 4.69) is 146 Å². The monoisotopic (exact) mass is 584 g/mol. The lowest BCUT2D eigenvalue weighted by molar-refractivity contribution is 1.33. The molecule has 0 unspecified atom stereocenters. The first-order valence-corrected chi connectivity index (χ1v) is 15.6. The summed E-state index contributed by atoms with van der Waals surface area (Å²) < 4.78 is 0. The maximum Gasteiger partial charge on any atom is 0.0347 e. The molecule has 0 saturated heterocycles. The Morgan fingerprint density at radius 1 is 0.261 bits per heavy atom. The molecule has 0 atom stereocenters. The molecule has 2 heteroatoms. The summed E-state index contributed by atoms with van der Waals surface area (Å²) >= 11 is 0. The number of nitrogens with zero attached hydrogens (tertiary/aromatic N) is 2. The molecule has 2 nitrogen and oxygen atoms in total. The topological polar surface area (TPSA) is 25.8 Å². The lowest BCUT2D eigenvalue weighted by atomic mass is 9.81. The Bertz CT molecular complexity index is 2390. The maximum atomic E-state index is 4.81. The first-order valence-electron chi connectivity index (χ1n) is 15.6. The lowest BCUT2D eigenvalue weighted by Crippen LogP contribution is -1.95. The molecule has 0 bridgehead atoms. The first kappa shape index (κ1) is 26.3. The number of benzene rings is 7. The molecule has 7 aromatic carbocycles. The van der Waals surface area contributed by atoms with Gasteiger partial charge in [0.25, 0.3) is 0 Å². The minimum Gasteiger partial charge on any atom is -0.263 e. The Morgan fingerprint density at radius 3 is 1.00 bits per heavy atom. The van der Waals surface area contributed by atoms with Crippen molar-refractivity contribution in [3.05, 3.63) is 170 Å². The van der Waals surface area contributed by atoms with Crippen LogP contribution in [0.1, 0.15) is 0 Å². The Labute approximate surface area is 267 Å². The predicted octanol–water partition coefficient (Wildman–Crippen LogP) is 11.8. The molecule has 0 radical (unpaired) electrons.